The highest BCUT2D eigenvalue weighted by molar-refractivity contribution is 5.14. The number of hydrogen-bond acceptors (Lipinski definition) is 2. The first-order valence-electron chi connectivity index (χ1n) is 7.88. The van der Waals surface area contributed by atoms with Crippen LogP contribution in [0.4, 0.5) is 0 Å². The number of aryl methyl sites for hydroxylation is 2. The van der Waals surface area contributed by atoms with Gasteiger partial charge in [-0.3, -0.25) is 4.68 Å². The van der Waals surface area contributed by atoms with E-state index in [4.69, 9.17) is 0 Å². The molecule has 0 aliphatic rings. The number of aromatic nitrogens is 2. The molecular weight excluding hydrogens is 234 g/mol. The summed E-state index contributed by atoms with van der Waals surface area (Å²) in [4.78, 5) is 0. The van der Waals surface area contributed by atoms with Gasteiger partial charge in [0, 0.05) is 13.1 Å². The van der Waals surface area contributed by atoms with E-state index in [2.05, 4.69) is 55.9 Å². The van der Waals surface area contributed by atoms with Gasteiger partial charge in [-0.15, -0.1) is 0 Å². The molecule has 1 N–H and O–H groups in total. The molecule has 2 unspecified atom stereocenters. The second kappa shape index (κ2) is 8.36. The Hall–Kier alpha value is -0.830. The molecule has 0 fully saturated rings. The molecule has 0 aliphatic carbocycles. The van der Waals surface area contributed by atoms with Crippen LogP contribution in [0.1, 0.15) is 70.8 Å². The van der Waals surface area contributed by atoms with Crippen molar-refractivity contribution in [3.05, 3.63) is 17.5 Å². The maximum absolute atomic E-state index is 4.59. The SMILES string of the molecule is CCCNC(CC(C)CCC)c1cc(CC)nn1C. The fourth-order valence-corrected chi connectivity index (χ4v) is 2.68. The Labute approximate surface area is 118 Å². The summed E-state index contributed by atoms with van der Waals surface area (Å²) in [5, 5.41) is 8.28. The van der Waals surface area contributed by atoms with E-state index < -0.39 is 0 Å². The van der Waals surface area contributed by atoms with Gasteiger partial charge in [0.1, 0.15) is 0 Å². The fourth-order valence-electron chi connectivity index (χ4n) is 2.68. The van der Waals surface area contributed by atoms with E-state index in [-0.39, 0.29) is 0 Å². The molecule has 1 aromatic rings. The minimum absolute atomic E-state index is 0.444. The molecule has 1 heterocycles. The summed E-state index contributed by atoms with van der Waals surface area (Å²) in [6, 6.07) is 2.71. The largest absolute Gasteiger partial charge is 0.309 e. The Morgan fingerprint density at radius 1 is 1.26 bits per heavy atom. The summed E-state index contributed by atoms with van der Waals surface area (Å²) in [7, 11) is 2.07. The molecular formula is C16H31N3. The van der Waals surface area contributed by atoms with Gasteiger partial charge in [-0.2, -0.15) is 5.10 Å². The lowest BCUT2D eigenvalue weighted by Gasteiger charge is -2.22. The highest BCUT2D eigenvalue weighted by atomic mass is 15.3. The van der Waals surface area contributed by atoms with E-state index >= 15 is 0 Å². The highest BCUT2D eigenvalue weighted by Gasteiger charge is 2.18. The lowest BCUT2D eigenvalue weighted by Crippen LogP contribution is -2.26. The number of nitrogens with one attached hydrogen (secondary N) is 1. The molecule has 0 saturated heterocycles. The second-order valence-electron chi connectivity index (χ2n) is 5.67. The van der Waals surface area contributed by atoms with Gasteiger partial charge < -0.3 is 5.32 Å². The Balaban J connectivity index is 2.79. The van der Waals surface area contributed by atoms with Gasteiger partial charge in [0.05, 0.1) is 11.4 Å². The van der Waals surface area contributed by atoms with Crippen molar-refractivity contribution in [2.24, 2.45) is 13.0 Å². The van der Waals surface area contributed by atoms with Crippen LogP contribution >= 0.6 is 0 Å². The quantitative estimate of drug-likeness (QED) is 0.735. The first kappa shape index (κ1) is 16.2. The van der Waals surface area contributed by atoms with Crippen LogP contribution in [0, 0.1) is 5.92 Å². The van der Waals surface area contributed by atoms with Crippen LogP contribution < -0.4 is 5.32 Å². The predicted molar refractivity (Wildman–Crippen MR) is 82.3 cm³/mol. The zero-order valence-corrected chi connectivity index (χ0v) is 13.4. The third kappa shape index (κ3) is 4.98. The lowest BCUT2D eigenvalue weighted by atomic mass is 9.95. The van der Waals surface area contributed by atoms with Crippen LogP contribution in [-0.2, 0) is 13.5 Å². The average Bonchev–Trinajstić information content (AvgIpc) is 2.76. The van der Waals surface area contributed by atoms with Crippen molar-refractivity contribution in [3.8, 4) is 0 Å². The summed E-state index contributed by atoms with van der Waals surface area (Å²) in [5.41, 5.74) is 2.54. The molecule has 2 atom stereocenters. The molecule has 3 heteroatoms. The Kier molecular flexibility index (Phi) is 7.14. The second-order valence-corrected chi connectivity index (χ2v) is 5.67. The molecule has 0 bridgehead atoms. The van der Waals surface area contributed by atoms with Crippen LogP contribution in [0.3, 0.4) is 0 Å². The Bertz CT molecular complexity index is 357. The Morgan fingerprint density at radius 3 is 2.53 bits per heavy atom. The van der Waals surface area contributed by atoms with Crippen molar-refractivity contribution in [2.45, 2.75) is 65.8 Å². The maximum atomic E-state index is 4.59. The lowest BCUT2D eigenvalue weighted by molar-refractivity contribution is 0.376. The number of nitrogens with zero attached hydrogens (tertiary/aromatic N) is 2. The predicted octanol–water partition coefficient (Wildman–Crippen LogP) is 3.85. The minimum atomic E-state index is 0.444. The number of rotatable bonds is 9. The zero-order chi connectivity index (χ0) is 14.3. The summed E-state index contributed by atoms with van der Waals surface area (Å²) >= 11 is 0. The van der Waals surface area contributed by atoms with Gasteiger partial charge in [0.15, 0.2) is 0 Å². The molecule has 0 saturated carbocycles. The Morgan fingerprint density at radius 2 is 2.00 bits per heavy atom. The molecule has 110 valence electrons. The molecule has 1 aromatic heterocycles. The first-order chi connectivity index (χ1) is 9.12. The molecule has 0 spiro atoms. The summed E-state index contributed by atoms with van der Waals surface area (Å²) in [5.74, 6) is 0.763. The molecule has 1 rings (SSSR count). The van der Waals surface area contributed by atoms with Crippen LogP contribution in [0.2, 0.25) is 0 Å². The fraction of sp³-hybridized carbons (Fsp3) is 0.812. The number of hydrogen-bond donors (Lipinski definition) is 1. The van der Waals surface area contributed by atoms with E-state index in [1.807, 2.05) is 0 Å². The van der Waals surface area contributed by atoms with Crippen molar-refractivity contribution >= 4 is 0 Å². The van der Waals surface area contributed by atoms with Crippen LogP contribution in [0.5, 0.6) is 0 Å². The van der Waals surface area contributed by atoms with Crippen molar-refractivity contribution in [1.82, 2.24) is 15.1 Å². The van der Waals surface area contributed by atoms with Crippen molar-refractivity contribution in [2.75, 3.05) is 6.54 Å². The topological polar surface area (TPSA) is 29.9 Å². The third-order valence-electron chi connectivity index (χ3n) is 3.75. The highest BCUT2D eigenvalue weighted by Crippen LogP contribution is 2.24. The molecule has 0 aliphatic heterocycles. The summed E-state index contributed by atoms with van der Waals surface area (Å²) in [6.07, 6.45) is 5.97. The van der Waals surface area contributed by atoms with Crippen molar-refractivity contribution in [3.63, 3.8) is 0 Å². The first-order valence-corrected chi connectivity index (χ1v) is 7.88. The maximum Gasteiger partial charge on any atom is 0.0625 e. The molecule has 0 amide bonds. The van der Waals surface area contributed by atoms with E-state index in [1.54, 1.807) is 0 Å². The molecule has 0 radical (unpaired) electrons. The average molecular weight is 265 g/mol. The van der Waals surface area contributed by atoms with Crippen LogP contribution in [-0.4, -0.2) is 16.3 Å². The molecule has 19 heavy (non-hydrogen) atoms. The molecule has 3 nitrogen and oxygen atoms in total. The van der Waals surface area contributed by atoms with Gasteiger partial charge in [0.25, 0.3) is 0 Å². The van der Waals surface area contributed by atoms with Gasteiger partial charge in [-0.25, -0.2) is 0 Å². The van der Waals surface area contributed by atoms with Gasteiger partial charge in [-0.05, 0) is 37.8 Å². The van der Waals surface area contributed by atoms with E-state index in [0.717, 1.165) is 18.9 Å². The van der Waals surface area contributed by atoms with Crippen molar-refractivity contribution in [1.29, 1.82) is 0 Å². The van der Waals surface area contributed by atoms with Crippen LogP contribution in [0.15, 0.2) is 6.07 Å². The van der Waals surface area contributed by atoms with E-state index in [0.29, 0.717) is 6.04 Å². The standard InChI is InChI=1S/C16H31N3/c1-6-9-13(4)11-15(17-10-7-2)16-12-14(8-3)18-19(16)5/h12-13,15,17H,6-11H2,1-5H3. The van der Waals surface area contributed by atoms with Crippen molar-refractivity contribution < 1.29 is 0 Å². The van der Waals surface area contributed by atoms with Gasteiger partial charge >= 0.3 is 0 Å². The molecule has 0 aromatic carbocycles. The normalized spacial score (nSPS) is 14.6. The van der Waals surface area contributed by atoms with E-state index in [1.165, 1.54) is 37.1 Å². The minimum Gasteiger partial charge on any atom is -0.309 e. The van der Waals surface area contributed by atoms with E-state index in [9.17, 15) is 0 Å². The smallest absolute Gasteiger partial charge is 0.0625 e. The third-order valence-corrected chi connectivity index (χ3v) is 3.75. The van der Waals surface area contributed by atoms with Gasteiger partial charge in [0.2, 0.25) is 0 Å². The zero-order valence-electron chi connectivity index (χ0n) is 13.4. The summed E-state index contributed by atoms with van der Waals surface area (Å²) < 4.78 is 2.06. The van der Waals surface area contributed by atoms with Gasteiger partial charge in [-0.1, -0.05) is 40.5 Å². The summed E-state index contributed by atoms with van der Waals surface area (Å²) in [6.45, 7) is 10.1. The monoisotopic (exact) mass is 265 g/mol. The van der Waals surface area contributed by atoms with Crippen LogP contribution in [0.25, 0.3) is 0 Å².